The number of esters is 1. The Hall–Kier alpha value is -3.34. The van der Waals surface area contributed by atoms with E-state index in [1.165, 1.54) is 0 Å². The number of ether oxygens (including phenoxy) is 2. The first kappa shape index (κ1) is 21.4. The summed E-state index contributed by atoms with van der Waals surface area (Å²) in [6.07, 6.45) is 0. The summed E-state index contributed by atoms with van der Waals surface area (Å²) < 4.78 is 12.4. The van der Waals surface area contributed by atoms with Gasteiger partial charge in [-0.15, -0.1) is 5.10 Å². The van der Waals surface area contributed by atoms with E-state index in [0.29, 0.717) is 32.8 Å². The zero-order valence-corrected chi connectivity index (χ0v) is 17.9. The molecule has 1 amide bonds. The van der Waals surface area contributed by atoms with Crippen molar-refractivity contribution >= 4 is 28.3 Å². The summed E-state index contributed by atoms with van der Waals surface area (Å²) in [6.45, 7) is 7.81. The molecule has 30 heavy (non-hydrogen) atoms. The van der Waals surface area contributed by atoms with E-state index in [1.54, 1.807) is 42.8 Å². The molecule has 0 fully saturated rings. The maximum atomic E-state index is 12.6. The maximum absolute atomic E-state index is 12.6. The van der Waals surface area contributed by atoms with Crippen molar-refractivity contribution in [1.82, 2.24) is 25.2 Å². The largest absolute Gasteiger partial charge is 0.486 e. The number of carbonyl (C=O) groups excluding carboxylic acids is 2. The van der Waals surface area contributed by atoms with Crippen molar-refractivity contribution < 1.29 is 19.1 Å². The molecule has 0 aliphatic rings. The highest BCUT2D eigenvalue weighted by molar-refractivity contribution is 7.17. The van der Waals surface area contributed by atoms with Crippen LogP contribution in [0.4, 0.5) is 5.13 Å². The third-order valence-corrected chi connectivity index (χ3v) is 5.05. The predicted octanol–water partition coefficient (Wildman–Crippen LogP) is 3.03. The highest BCUT2D eigenvalue weighted by Gasteiger charge is 2.18. The van der Waals surface area contributed by atoms with Crippen LogP contribution in [0.3, 0.4) is 0 Å². The van der Waals surface area contributed by atoms with Gasteiger partial charge in [-0.3, -0.25) is 10.1 Å². The number of hydrogen-bond donors (Lipinski definition) is 1. The topological polar surface area (TPSA) is 121 Å². The van der Waals surface area contributed by atoms with Crippen LogP contribution in [0.25, 0.3) is 0 Å². The van der Waals surface area contributed by atoms with Gasteiger partial charge in [-0.2, -0.15) is 0 Å². The molecule has 11 heteroatoms. The summed E-state index contributed by atoms with van der Waals surface area (Å²) in [6, 6.07) is 6.84. The van der Waals surface area contributed by atoms with Crippen molar-refractivity contribution in [3.05, 3.63) is 46.2 Å². The number of thiazole rings is 1. The van der Waals surface area contributed by atoms with Gasteiger partial charge in [0.15, 0.2) is 11.0 Å². The number of amides is 1. The molecular weight excluding hydrogens is 408 g/mol. The van der Waals surface area contributed by atoms with Crippen molar-refractivity contribution in [2.24, 2.45) is 0 Å². The summed E-state index contributed by atoms with van der Waals surface area (Å²) in [5.41, 5.74) is 0.898. The number of anilines is 1. The van der Waals surface area contributed by atoms with Gasteiger partial charge in [0.05, 0.1) is 18.3 Å². The van der Waals surface area contributed by atoms with Crippen molar-refractivity contribution in [1.29, 1.82) is 0 Å². The summed E-state index contributed by atoms with van der Waals surface area (Å²) in [5, 5.41) is 14.6. The van der Waals surface area contributed by atoms with Gasteiger partial charge in [-0.05, 0) is 56.3 Å². The number of rotatable bonds is 8. The van der Waals surface area contributed by atoms with Crippen LogP contribution in [0.5, 0.6) is 5.75 Å². The zero-order chi connectivity index (χ0) is 21.7. The molecule has 0 saturated heterocycles. The molecule has 0 radical (unpaired) electrons. The van der Waals surface area contributed by atoms with Crippen LogP contribution in [0, 0.1) is 6.92 Å². The van der Waals surface area contributed by atoms with E-state index in [-0.39, 0.29) is 25.2 Å². The molecule has 10 nitrogen and oxygen atoms in total. The number of nitrogens with zero attached hydrogens (tertiary/aromatic N) is 5. The maximum Gasteiger partial charge on any atom is 0.350 e. The Morgan fingerprint density at radius 3 is 2.83 bits per heavy atom. The summed E-state index contributed by atoms with van der Waals surface area (Å²) in [4.78, 5) is 29.1. The monoisotopic (exact) mass is 430 g/mol. The van der Waals surface area contributed by atoms with Gasteiger partial charge in [-0.25, -0.2) is 14.5 Å². The van der Waals surface area contributed by atoms with Gasteiger partial charge in [0.25, 0.3) is 5.91 Å². The van der Waals surface area contributed by atoms with Gasteiger partial charge < -0.3 is 9.47 Å². The lowest BCUT2D eigenvalue weighted by molar-refractivity contribution is 0.0531. The third kappa shape index (κ3) is 4.98. The summed E-state index contributed by atoms with van der Waals surface area (Å²) in [5.74, 6) is 0.275. The minimum Gasteiger partial charge on any atom is -0.486 e. The fraction of sp³-hybridized carbons (Fsp3) is 0.368. The lowest BCUT2D eigenvalue weighted by atomic mass is 10.2. The zero-order valence-electron chi connectivity index (χ0n) is 17.1. The molecular formula is C19H22N6O4S. The van der Waals surface area contributed by atoms with Crippen LogP contribution in [-0.2, 0) is 11.3 Å². The van der Waals surface area contributed by atoms with Crippen LogP contribution >= 0.6 is 11.3 Å². The number of carbonyl (C=O) groups is 2. The minimum absolute atomic E-state index is 0.108. The molecule has 0 saturated carbocycles. The molecule has 0 bridgehead atoms. The number of aryl methyl sites for hydroxylation is 1. The van der Waals surface area contributed by atoms with E-state index in [0.717, 1.165) is 11.3 Å². The Kier molecular flexibility index (Phi) is 6.72. The molecule has 1 N–H and O–H groups in total. The van der Waals surface area contributed by atoms with E-state index >= 15 is 0 Å². The van der Waals surface area contributed by atoms with Gasteiger partial charge >= 0.3 is 5.97 Å². The number of aromatic nitrogens is 5. The highest BCUT2D eigenvalue weighted by Crippen LogP contribution is 2.24. The van der Waals surface area contributed by atoms with Crippen LogP contribution < -0.4 is 10.1 Å². The average Bonchev–Trinajstić information content (AvgIpc) is 3.33. The molecule has 0 atom stereocenters. The first-order chi connectivity index (χ1) is 14.4. The minimum atomic E-state index is -0.452. The first-order valence-corrected chi connectivity index (χ1v) is 10.2. The number of tetrazole rings is 1. The summed E-state index contributed by atoms with van der Waals surface area (Å²) >= 11 is 1.07. The number of nitrogens with one attached hydrogen (secondary N) is 1. The third-order valence-electron chi connectivity index (χ3n) is 3.99. The van der Waals surface area contributed by atoms with Gasteiger partial charge in [-0.1, -0.05) is 17.4 Å². The van der Waals surface area contributed by atoms with Gasteiger partial charge in [0, 0.05) is 5.56 Å². The van der Waals surface area contributed by atoms with Crippen LogP contribution in [0.15, 0.2) is 24.3 Å². The molecule has 0 unspecified atom stereocenters. The van der Waals surface area contributed by atoms with Crippen LogP contribution in [-0.4, -0.2) is 43.7 Å². The second-order valence-electron chi connectivity index (χ2n) is 6.56. The van der Waals surface area contributed by atoms with E-state index in [2.05, 4.69) is 25.8 Å². The molecule has 2 aromatic heterocycles. The lowest BCUT2D eigenvalue weighted by Gasteiger charge is -2.10. The molecule has 3 rings (SSSR count). The highest BCUT2D eigenvalue weighted by atomic mass is 32.1. The van der Waals surface area contributed by atoms with Crippen molar-refractivity contribution in [2.45, 2.75) is 40.3 Å². The molecule has 0 spiro atoms. The fourth-order valence-electron chi connectivity index (χ4n) is 2.59. The summed E-state index contributed by atoms with van der Waals surface area (Å²) in [7, 11) is 0. The second-order valence-corrected chi connectivity index (χ2v) is 7.56. The number of hydrogen-bond acceptors (Lipinski definition) is 9. The molecule has 158 valence electrons. The molecule has 2 heterocycles. The Bertz CT molecular complexity index is 1050. The van der Waals surface area contributed by atoms with Crippen molar-refractivity contribution in [3.63, 3.8) is 0 Å². The standard InChI is InChI=1S/C19H22N6O4S/c1-5-28-18(27)16-12(4)20-19(30-16)21-17(26)13-7-6-8-14(9-13)29-10-15-22-23-24-25(15)11(2)3/h6-9,11H,5,10H2,1-4H3,(H,20,21,26). The molecule has 1 aromatic carbocycles. The van der Waals surface area contributed by atoms with Gasteiger partial charge in [0.1, 0.15) is 17.2 Å². The smallest absolute Gasteiger partial charge is 0.350 e. The average molecular weight is 430 g/mol. The lowest BCUT2D eigenvalue weighted by Crippen LogP contribution is -2.12. The normalized spacial score (nSPS) is 10.8. The van der Waals surface area contributed by atoms with Gasteiger partial charge in [0.2, 0.25) is 0 Å². The van der Waals surface area contributed by atoms with Crippen LogP contribution in [0.2, 0.25) is 0 Å². The molecule has 3 aromatic rings. The second kappa shape index (κ2) is 9.44. The van der Waals surface area contributed by atoms with Crippen LogP contribution in [0.1, 0.15) is 58.4 Å². The SMILES string of the molecule is CCOC(=O)c1sc(NC(=O)c2cccc(OCc3nnnn3C(C)C)c2)nc1C. The first-order valence-electron chi connectivity index (χ1n) is 9.34. The molecule has 0 aliphatic heterocycles. The van der Waals surface area contributed by atoms with E-state index in [9.17, 15) is 9.59 Å². The Morgan fingerprint density at radius 1 is 1.30 bits per heavy atom. The Balaban J connectivity index is 1.67. The predicted molar refractivity (Wildman–Crippen MR) is 110 cm³/mol. The Morgan fingerprint density at radius 2 is 2.10 bits per heavy atom. The van der Waals surface area contributed by atoms with E-state index < -0.39 is 5.97 Å². The van der Waals surface area contributed by atoms with E-state index in [4.69, 9.17) is 9.47 Å². The Labute approximate surface area is 177 Å². The fourth-order valence-corrected chi connectivity index (χ4v) is 3.44. The van der Waals surface area contributed by atoms with Crippen molar-refractivity contribution in [3.8, 4) is 5.75 Å². The van der Waals surface area contributed by atoms with Crippen molar-refractivity contribution in [2.75, 3.05) is 11.9 Å². The quantitative estimate of drug-likeness (QED) is 0.541. The van der Waals surface area contributed by atoms with E-state index in [1.807, 2.05) is 13.8 Å². The molecule has 0 aliphatic carbocycles. The number of benzene rings is 1.